The van der Waals surface area contributed by atoms with Crippen LogP contribution in [0, 0.1) is 0 Å². The summed E-state index contributed by atoms with van der Waals surface area (Å²) < 4.78 is 5.80. The molecule has 0 amide bonds. The molecule has 5 heteroatoms. The summed E-state index contributed by atoms with van der Waals surface area (Å²) in [6.07, 6.45) is 1.88. The van der Waals surface area contributed by atoms with Gasteiger partial charge in [0.2, 0.25) is 0 Å². The molecule has 1 fully saturated rings. The van der Waals surface area contributed by atoms with E-state index in [9.17, 15) is 0 Å². The maximum atomic E-state index is 5.80. The number of benzene rings is 2. The molecule has 2 aromatic carbocycles. The van der Waals surface area contributed by atoms with Crippen molar-refractivity contribution in [1.82, 2.24) is 4.98 Å². The number of hydrogen-bond donors (Lipinski definition) is 0. The maximum Gasteiger partial charge on any atom is 0.279 e. The van der Waals surface area contributed by atoms with E-state index in [4.69, 9.17) is 4.74 Å². The van der Waals surface area contributed by atoms with E-state index in [1.807, 2.05) is 48.3 Å². The van der Waals surface area contributed by atoms with Crippen molar-refractivity contribution < 1.29 is 4.74 Å². The predicted octanol–water partition coefficient (Wildman–Crippen LogP) is 5.16. The van der Waals surface area contributed by atoms with Crippen molar-refractivity contribution >= 4 is 28.8 Å². The van der Waals surface area contributed by atoms with Crippen LogP contribution in [0.15, 0.2) is 60.8 Å². The summed E-state index contributed by atoms with van der Waals surface area (Å²) in [5.74, 6) is 3.25. The number of aromatic nitrogens is 1. The van der Waals surface area contributed by atoms with Gasteiger partial charge in [-0.3, -0.25) is 0 Å². The molecule has 0 aliphatic carbocycles. The Morgan fingerprint density at radius 3 is 2.42 bits per heavy atom. The second-order valence-corrected chi connectivity index (χ2v) is 7.77. The summed E-state index contributed by atoms with van der Waals surface area (Å²) in [6, 6.07) is 18.5. The van der Waals surface area contributed by atoms with Crippen LogP contribution in [0.1, 0.15) is 0 Å². The normalized spacial score (nSPS) is 14.6. The molecule has 122 valence electrons. The Labute approximate surface area is 150 Å². The zero-order valence-corrected chi connectivity index (χ0v) is 14.9. The number of ether oxygens (including phenoxy) is 1. The minimum atomic E-state index is 0.674. The molecule has 3 aromatic rings. The van der Waals surface area contributed by atoms with Gasteiger partial charge in [0.1, 0.15) is 5.75 Å². The van der Waals surface area contributed by atoms with Crippen LogP contribution >= 0.6 is 23.1 Å². The van der Waals surface area contributed by atoms with Gasteiger partial charge in [-0.25, -0.2) is 4.98 Å². The van der Waals surface area contributed by atoms with Gasteiger partial charge >= 0.3 is 0 Å². The van der Waals surface area contributed by atoms with Crippen LogP contribution in [-0.2, 0) is 0 Å². The summed E-state index contributed by atoms with van der Waals surface area (Å²) >= 11 is 3.61. The third kappa shape index (κ3) is 3.57. The quantitative estimate of drug-likeness (QED) is 0.646. The summed E-state index contributed by atoms with van der Waals surface area (Å²) in [5, 5.41) is 0.674. The Balaban J connectivity index is 1.48. The van der Waals surface area contributed by atoms with E-state index in [0.717, 1.165) is 23.7 Å². The van der Waals surface area contributed by atoms with Crippen LogP contribution in [0.4, 0.5) is 5.69 Å². The molecule has 0 spiro atoms. The zero-order valence-electron chi connectivity index (χ0n) is 13.2. The average molecular weight is 355 g/mol. The van der Waals surface area contributed by atoms with E-state index in [1.165, 1.54) is 22.8 Å². The van der Waals surface area contributed by atoms with Crippen LogP contribution in [0.25, 0.3) is 10.4 Å². The number of rotatable bonds is 4. The Morgan fingerprint density at radius 2 is 1.67 bits per heavy atom. The van der Waals surface area contributed by atoms with E-state index < -0.39 is 0 Å². The molecule has 0 N–H and O–H groups in total. The fraction of sp³-hybridized carbons (Fsp3) is 0.211. The second kappa shape index (κ2) is 7.28. The summed E-state index contributed by atoms with van der Waals surface area (Å²) in [4.78, 5) is 7.97. The van der Waals surface area contributed by atoms with Gasteiger partial charge in [-0.05, 0) is 29.8 Å². The highest BCUT2D eigenvalue weighted by Gasteiger charge is 2.12. The Bertz CT molecular complexity index is 781. The van der Waals surface area contributed by atoms with Gasteiger partial charge in [0, 0.05) is 36.5 Å². The predicted molar refractivity (Wildman–Crippen MR) is 104 cm³/mol. The van der Waals surface area contributed by atoms with Crippen molar-refractivity contribution in [2.24, 2.45) is 0 Å². The Hall–Kier alpha value is -1.98. The fourth-order valence-corrected chi connectivity index (χ4v) is 4.38. The molecule has 1 aliphatic rings. The topological polar surface area (TPSA) is 25.4 Å². The standard InChI is InChI=1S/C19H18N2OS2/c1-2-4-17(5-3-1)22-19-20-14-18(24-19)15-6-8-16(9-7-15)21-10-12-23-13-11-21/h1-9,14H,10-13H2. The molecule has 4 rings (SSSR count). The van der Waals surface area contributed by atoms with Crippen molar-refractivity contribution in [2.45, 2.75) is 0 Å². The molecule has 0 radical (unpaired) electrons. The number of thiazole rings is 1. The summed E-state index contributed by atoms with van der Waals surface area (Å²) in [5.41, 5.74) is 2.50. The minimum absolute atomic E-state index is 0.674. The lowest BCUT2D eigenvalue weighted by Gasteiger charge is -2.28. The largest absolute Gasteiger partial charge is 0.431 e. The molecule has 1 saturated heterocycles. The molecule has 2 heterocycles. The van der Waals surface area contributed by atoms with E-state index in [0.29, 0.717) is 5.19 Å². The molecule has 3 nitrogen and oxygen atoms in total. The average Bonchev–Trinajstić information content (AvgIpc) is 3.12. The maximum absolute atomic E-state index is 5.80. The first kappa shape index (κ1) is 15.5. The summed E-state index contributed by atoms with van der Waals surface area (Å²) in [7, 11) is 0. The van der Waals surface area contributed by atoms with Crippen LogP contribution < -0.4 is 9.64 Å². The molecule has 1 aromatic heterocycles. The molecule has 0 atom stereocenters. The summed E-state index contributed by atoms with van der Waals surface area (Å²) in [6.45, 7) is 2.28. The smallest absolute Gasteiger partial charge is 0.279 e. The van der Waals surface area contributed by atoms with Gasteiger partial charge in [0.15, 0.2) is 0 Å². The highest BCUT2D eigenvalue weighted by molar-refractivity contribution is 7.99. The van der Waals surface area contributed by atoms with Crippen molar-refractivity contribution in [3.63, 3.8) is 0 Å². The molecule has 0 unspecified atom stereocenters. The number of anilines is 1. The monoisotopic (exact) mass is 354 g/mol. The number of para-hydroxylation sites is 1. The van der Waals surface area contributed by atoms with Gasteiger partial charge in [0.25, 0.3) is 5.19 Å². The molecule has 1 aliphatic heterocycles. The second-order valence-electron chi connectivity index (χ2n) is 5.55. The third-order valence-electron chi connectivity index (χ3n) is 3.96. The highest BCUT2D eigenvalue weighted by Crippen LogP contribution is 2.34. The lowest BCUT2D eigenvalue weighted by atomic mass is 10.2. The van der Waals surface area contributed by atoms with E-state index in [2.05, 4.69) is 34.1 Å². The lowest BCUT2D eigenvalue weighted by molar-refractivity contribution is 0.479. The third-order valence-corrected chi connectivity index (χ3v) is 5.83. The van der Waals surface area contributed by atoms with Gasteiger partial charge < -0.3 is 9.64 Å². The van der Waals surface area contributed by atoms with Gasteiger partial charge in [-0.15, -0.1) is 0 Å². The Morgan fingerprint density at radius 1 is 0.917 bits per heavy atom. The van der Waals surface area contributed by atoms with E-state index in [-0.39, 0.29) is 0 Å². The molecule has 0 bridgehead atoms. The lowest BCUT2D eigenvalue weighted by Crippen LogP contribution is -2.32. The van der Waals surface area contributed by atoms with Crippen LogP contribution in [0.3, 0.4) is 0 Å². The van der Waals surface area contributed by atoms with Crippen molar-refractivity contribution in [3.8, 4) is 21.4 Å². The SMILES string of the molecule is c1ccc(Oc2ncc(-c3ccc(N4CCSCC4)cc3)s2)cc1. The molecular formula is C19H18N2OS2. The van der Waals surface area contributed by atoms with Crippen molar-refractivity contribution in [2.75, 3.05) is 29.5 Å². The first-order valence-electron chi connectivity index (χ1n) is 8.00. The zero-order chi connectivity index (χ0) is 16.2. The molecule has 0 saturated carbocycles. The van der Waals surface area contributed by atoms with Gasteiger partial charge in [0.05, 0.1) is 4.88 Å². The van der Waals surface area contributed by atoms with E-state index >= 15 is 0 Å². The van der Waals surface area contributed by atoms with Crippen LogP contribution in [-0.4, -0.2) is 29.6 Å². The van der Waals surface area contributed by atoms with Crippen molar-refractivity contribution in [1.29, 1.82) is 0 Å². The van der Waals surface area contributed by atoms with Gasteiger partial charge in [-0.1, -0.05) is 41.7 Å². The first-order valence-corrected chi connectivity index (χ1v) is 9.97. The Kier molecular flexibility index (Phi) is 4.71. The molecular weight excluding hydrogens is 336 g/mol. The minimum Gasteiger partial charge on any atom is -0.431 e. The van der Waals surface area contributed by atoms with Crippen LogP contribution in [0.5, 0.6) is 10.9 Å². The number of thioether (sulfide) groups is 1. The van der Waals surface area contributed by atoms with Crippen LogP contribution in [0.2, 0.25) is 0 Å². The molecule has 24 heavy (non-hydrogen) atoms. The highest BCUT2D eigenvalue weighted by atomic mass is 32.2. The van der Waals surface area contributed by atoms with Gasteiger partial charge in [-0.2, -0.15) is 11.8 Å². The fourth-order valence-electron chi connectivity index (χ4n) is 2.69. The van der Waals surface area contributed by atoms with E-state index in [1.54, 1.807) is 11.3 Å². The van der Waals surface area contributed by atoms with Crippen molar-refractivity contribution in [3.05, 3.63) is 60.8 Å². The number of nitrogens with zero attached hydrogens (tertiary/aromatic N) is 2. The first-order chi connectivity index (χ1) is 11.9. The number of hydrogen-bond acceptors (Lipinski definition) is 5.